The van der Waals surface area contributed by atoms with E-state index < -0.39 is 6.10 Å². The standard InChI is InChI=1S/C70H122O6/c1-4-7-10-13-16-19-21-23-25-27-29-31-32-33-34-35-36-37-38-40-41-43-45-47-49-51-54-57-60-63-69(72)75-66-67(65-74-68(71)62-59-56-53-18-15-12-9-6-3)76-70(73)64-61-58-55-52-50-48-46-44-42-39-30-28-26-24-22-20-17-14-11-8-5-2/h8,11,17,20,24,26-27,29-30,39,44,46,50,52,67H,4-7,9-10,12-16,18-19,21-23,25,28,31-38,40-43,45,47-49,51,53-66H2,1-3H3/b11-8-,20-17-,26-24-,29-27-,39-30-,46-44-,52-50-. The monoisotopic (exact) mass is 1060 g/mol. The maximum atomic E-state index is 12.8. The van der Waals surface area contributed by atoms with Gasteiger partial charge in [0, 0.05) is 19.3 Å². The molecule has 1 unspecified atom stereocenters. The summed E-state index contributed by atoms with van der Waals surface area (Å²) in [5.74, 6) is -0.929. The molecule has 0 bridgehead atoms. The number of rotatable bonds is 59. The molecular weight excluding hydrogens is 937 g/mol. The van der Waals surface area contributed by atoms with E-state index in [2.05, 4.69) is 106 Å². The number of allylic oxidation sites excluding steroid dienone is 14. The number of hydrogen-bond donors (Lipinski definition) is 0. The van der Waals surface area contributed by atoms with Crippen molar-refractivity contribution in [3.63, 3.8) is 0 Å². The van der Waals surface area contributed by atoms with Crippen molar-refractivity contribution in [3.8, 4) is 0 Å². The fourth-order valence-corrected chi connectivity index (χ4v) is 9.27. The van der Waals surface area contributed by atoms with Gasteiger partial charge in [-0.05, 0) is 96.3 Å². The van der Waals surface area contributed by atoms with E-state index >= 15 is 0 Å². The first-order chi connectivity index (χ1) is 37.5. The van der Waals surface area contributed by atoms with E-state index in [0.29, 0.717) is 19.3 Å². The summed E-state index contributed by atoms with van der Waals surface area (Å²) in [6.07, 6.45) is 84.8. The highest BCUT2D eigenvalue weighted by molar-refractivity contribution is 5.71. The van der Waals surface area contributed by atoms with E-state index in [1.165, 1.54) is 186 Å². The molecule has 0 aromatic carbocycles. The van der Waals surface area contributed by atoms with E-state index in [1.807, 2.05) is 0 Å². The molecule has 0 saturated heterocycles. The Bertz CT molecular complexity index is 1450. The molecule has 6 heteroatoms. The summed E-state index contributed by atoms with van der Waals surface area (Å²) >= 11 is 0. The number of hydrogen-bond acceptors (Lipinski definition) is 6. The van der Waals surface area contributed by atoms with Crippen molar-refractivity contribution in [2.75, 3.05) is 13.2 Å². The Morgan fingerprint density at radius 1 is 0.276 bits per heavy atom. The largest absolute Gasteiger partial charge is 0.462 e. The molecule has 1 atom stereocenters. The van der Waals surface area contributed by atoms with Crippen LogP contribution >= 0.6 is 0 Å². The summed E-state index contributed by atoms with van der Waals surface area (Å²) in [5, 5.41) is 0. The van der Waals surface area contributed by atoms with E-state index in [-0.39, 0.29) is 37.5 Å². The molecule has 0 amide bonds. The summed E-state index contributed by atoms with van der Waals surface area (Å²) in [6.45, 7) is 6.49. The lowest BCUT2D eigenvalue weighted by molar-refractivity contribution is -0.167. The number of unbranched alkanes of at least 4 members (excludes halogenated alkanes) is 34. The highest BCUT2D eigenvalue weighted by Gasteiger charge is 2.19. The summed E-state index contributed by atoms with van der Waals surface area (Å²) in [6, 6.07) is 0. The third-order valence-corrected chi connectivity index (χ3v) is 14.1. The zero-order chi connectivity index (χ0) is 55.0. The average molecular weight is 1060 g/mol. The van der Waals surface area contributed by atoms with Gasteiger partial charge in [0.2, 0.25) is 0 Å². The molecule has 0 N–H and O–H groups in total. The molecule has 6 nitrogen and oxygen atoms in total. The molecule has 438 valence electrons. The number of carbonyl (C=O) groups is 3. The first-order valence-corrected chi connectivity index (χ1v) is 32.6. The van der Waals surface area contributed by atoms with Crippen molar-refractivity contribution < 1.29 is 28.6 Å². The second-order valence-corrected chi connectivity index (χ2v) is 21.6. The van der Waals surface area contributed by atoms with E-state index in [0.717, 1.165) is 89.9 Å². The van der Waals surface area contributed by atoms with Crippen LogP contribution in [-0.2, 0) is 28.6 Å². The summed E-state index contributed by atoms with van der Waals surface area (Å²) in [4.78, 5) is 38.1. The Labute approximate surface area is 471 Å². The van der Waals surface area contributed by atoms with Crippen LogP contribution in [0.15, 0.2) is 85.1 Å². The maximum Gasteiger partial charge on any atom is 0.306 e. The van der Waals surface area contributed by atoms with Gasteiger partial charge in [-0.15, -0.1) is 0 Å². The number of esters is 3. The van der Waals surface area contributed by atoms with Gasteiger partial charge in [-0.3, -0.25) is 14.4 Å². The van der Waals surface area contributed by atoms with Gasteiger partial charge in [0.15, 0.2) is 6.10 Å². The molecule has 0 heterocycles. The Balaban J connectivity index is 4.17. The fraction of sp³-hybridized carbons (Fsp3) is 0.757. The van der Waals surface area contributed by atoms with Gasteiger partial charge >= 0.3 is 17.9 Å². The summed E-state index contributed by atoms with van der Waals surface area (Å²) in [5.41, 5.74) is 0. The van der Waals surface area contributed by atoms with Crippen LogP contribution in [0.25, 0.3) is 0 Å². The Morgan fingerprint density at radius 2 is 0.513 bits per heavy atom. The van der Waals surface area contributed by atoms with Crippen LogP contribution < -0.4 is 0 Å². The number of ether oxygens (including phenoxy) is 3. The molecule has 0 aromatic rings. The average Bonchev–Trinajstić information content (AvgIpc) is 3.42. The zero-order valence-electron chi connectivity index (χ0n) is 50.3. The van der Waals surface area contributed by atoms with E-state index in [4.69, 9.17) is 14.2 Å². The first kappa shape index (κ1) is 72.6. The molecule has 0 rings (SSSR count). The van der Waals surface area contributed by atoms with Crippen LogP contribution in [0.5, 0.6) is 0 Å². The minimum atomic E-state index is -0.797. The molecule has 0 aromatic heterocycles. The van der Waals surface area contributed by atoms with Crippen LogP contribution in [0, 0.1) is 0 Å². The highest BCUT2D eigenvalue weighted by atomic mass is 16.6. The molecule has 0 aliphatic carbocycles. The van der Waals surface area contributed by atoms with Crippen molar-refractivity contribution in [2.24, 2.45) is 0 Å². The van der Waals surface area contributed by atoms with Gasteiger partial charge in [-0.25, -0.2) is 0 Å². The Hall–Kier alpha value is -3.41. The van der Waals surface area contributed by atoms with Gasteiger partial charge in [-0.2, -0.15) is 0 Å². The molecule has 0 saturated carbocycles. The topological polar surface area (TPSA) is 78.9 Å². The van der Waals surface area contributed by atoms with Crippen LogP contribution in [0.3, 0.4) is 0 Å². The minimum absolute atomic E-state index is 0.0914. The van der Waals surface area contributed by atoms with Gasteiger partial charge < -0.3 is 14.2 Å². The molecular formula is C70H122O6. The molecule has 0 spiro atoms. The maximum absolute atomic E-state index is 12.8. The van der Waals surface area contributed by atoms with Crippen LogP contribution in [0.4, 0.5) is 0 Å². The molecule has 0 radical (unpaired) electrons. The lowest BCUT2D eigenvalue weighted by Gasteiger charge is -2.18. The second kappa shape index (κ2) is 64.1. The van der Waals surface area contributed by atoms with E-state index in [9.17, 15) is 14.4 Å². The molecule has 76 heavy (non-hydrogen) atoms. The predicted molar refractivity (Wildman–Crippen MR) is 330 cm³/mol. The van der Waals surface area contributed by atoms with Crippen LogP contribution in [0.1, 0.15) is 323 Å². The summed E-state index contributed by atoms with van der Waals surface area (Å²) < 4.78 is 16.8. The SMILES string of the molecule is CC/C=C\C/C=C\C/C=C\C/C=C\C/C=C\C/C=C\CCCCC(=O)OC(COC(=O)CCCCCCCCCC)COC(=O)CCCCCCCCCCCCCCCCCCC/C=C\CCCCCCCCCC. The van der Waals surface area contributed by atoms with Gasteiger partial charge in [0.25, 0.3) is 0 Å². The Kier molecular flexibility index (Phi) is 61.2. The lowest BCUT2D eigenvalue weighted by atomic mass is 10.0. The Morgan fingerprint density at radius 3 is 0.842 bits per heavy atom. The van der Waals surface area contributed by atoms with Crippen molar-refractivity contribution in [2.45, 2.75) is 329 Å². The summed E-state index contributed by atoms with van der Waals surface area (Å²) in [7, 11) is 0. The van der Waals surface area contributed by atoms with Crippen molar-refractivity contribution >= 4 is 17.9 Å². The smallest absolute Gasteiger partial charge is 0.306 e. The highest BCUT2D eigenvalue weighted by Crippen LogP contribution is 2.17. The third-order valence-electron chi connectivity index (χ3n) is 14.1. The van der Waals surface area contributed by atoms with Crippen LogP contribution in [0.2, 0.25) is 0 Å². The molecule has 0 aliphatic rings. The quantitative estimate of drug-likeness (QED) is 0.0261. The van der Waals surface area contributed by atoms with Crippen molar-refractivity contribution in [3.05, 3.63) is 85.1 Å². The number of carbonyl (C=O) groups excluding carboxylic acids is 3. The van der Waals surface area contributed by atoms with Gasteiger partial charge in [0.05, 0.1) is 0 Å². The van der Waals surface area contributed by atoms with Gasteiger partial charge in [0.1, 0.15) is 13.2 Å². The second-order valence-electron chi connectivity index (χ2n) is 21.6. The zero-order valence-corrected chi connectivity index (χ0v) is 50.3. The first-order valence-electron chi connectivity index (χ1n) is 32.6. The van der Waals surface area contributed by atoms with Crippen molar-refractivity contribution in [1.82, 2.24) is 0 Å². The van der Waals surface area contributed by atoms with Gasteiger partial charge in [-0.1, -0.05) is 292 Å². The predicted octanol–water partition coefficient (Wildman–Crippen LogP) is 22.3. The lowest BCUT2D eigenvalue weighted by Crippen LogP contribution is -2.30. The molecule has 0 aliphatic heterocycles. The normalized spacial score (nSPS) is 12.6. The van der Waals surface area contributed by atoms with Crippen LogP contribution in [-0.4, -0.2) is 37.2 Å². The fourth-order valence-electron chi connectivity index (χ4n) is 9.27. The third kappa shape index (κ3) is 61.4. The molecule has 0 fully saturated rings. The van der Waals surface area contributed by atoms with E-state index in [1.54, 1.807) is 0 Å². The van der Waals surface area contributed by atoms with Crippen molar-refractivity contribution in [1.29, 1.82) is 0 Å². The minimum Gasteiger partial charge on any atom is -0.462 e.